The first-order valence-corrected chi connectivity index (χ1v) is 13.0. The lowest BCUT2D eigenvalue weighted by molar-refractivity contribution is -0.277. The van der Waals surface area contributed by atoms with Crippen molar-refractivity contribution in [2.24, 2.45) is 0 Å². The Hall–Kier alpha value is -3.71. The zero-order valence-electron chi connectivity index (χ0n) is 22.3. The minimum atomic E-state index is -1.92. The molecule has 1 aromatic heterocycles. The maximum Gasteiger partial charge on any atom is 0.239 e. The zero-order valence-corrected chi connectivity index (χ0v) is 22.3. The standard InChI is InChI=1S/C27H30O16/c1-8-17(32)20(35)22(37)26(39-8)40-10-5-13(31)16-14(6-10)41-24(9-2-3-11(29)12(30)4-9)25(19(16)34)43-27-23(38)21(36)18(33)15(7-28)42-27/h2-6,8,15,17-18,20-23,26-33,35-38H,7H2,1H3/t8-,15-,17-,18-,20+,21-,22-,23+,26+,27-/m0/s1. The Morgan fingerprint density at radius 1 is 0.744 bits per heavy atom. The number of fused-ring (bicyclic) bond motifs is 1. The van der Waals surface area contributed by atoms with E-state index in [1.165, 1.54) is 13.0 Å². The van der Waals surface area contributed by atoms with E-state index in [0.717, 1.165) is 24.3 Å². The highest BCUT2D eigenvalue weighted by atomic mass is 16.7. The van der Waals surface area contributed by atoms with Crippen LogP contribution in [0.15, 0.2) is 39.5 Å². The molecule has 0 radical (unpaired) electrons. The molecule has 0 unspecified atom stereocenters. The Morgan fingerprint density at radius 3 is 2.05 bits per heavy atom. The summed E-state index contributed by atoms with van der Waals surface area (Å²) in [6, 6.07) is 5.43. The Kier molecular flexibility index (Phi) is 8.41. The van der Waals surface area contributed by atoms with Gasteiger partial charge in [0.25, 0.3) is 0 Å². The molecule has 10 N–H and O–H groups in total. The van der Waals surface area contributed by atoms with Gasteiger partial charge in [-0.15, -0.1) is 0 Å². The number of benzene rings is 2. The van der Waals surface area contributed by atoms with Crippen LogP contribution in [-0.2, 0) is 9.47 Å². The molecular weight excluding hydrogens is 580 g/mol. The zero-order chi connectivity index (χ0) is 31.3. The Morgan fingerprint density at radius 2 is 1.40 bits per heavy atom. The molecule has 3 heterocycles. The van der Waals surface area contributed by atoms with Gasteiger partial charge in [0, 0.05) is 17.7 Å². The van der Waals surface area contributed by atoms with Crippen molar-refractivity contribution in [1.82, 2.24) is 0 Å². The largest absolute Gasteiger partial charge is 0.507 e. The van der Waals surface area contributed by atoms with Gasteiger partial charge in [0.2, 0.25) is 23.8 Å². The summed E-state index contributed by atoms with van der Waals surface area (Å²) in [6.45, 7) is 0.650. The fourth-order valence-corrected chi connectivity index (χ4v) is 4.81. The van der Waals surface area contributed by atoms with Gasteiger partial charge < -0.3 is 74.4 Å². The molecule has 2 aliphatic rings. The summed E-state index contributed by atoms with van der Waals surface area (Å²) in [5.74, 6) is -3.14. The van der Waals surface area contributed by atoms with Crippen LogP contribution in [0.4, 0.5) is 0 Å². The predicted molar refractivity (Wildman–Crippen MR) is 140 cm³/mol. The van der Waals surface area contributed by atoms with Crippen molar-refractivity contribution < 1.29 is 74.4 Å². The second-order valence-corrected chi connectivity index (χ2v) is 10.2. The van der Waals surface area contributed by atoms with Crippen LogP contribution in [0.1, 0.15) is 6.92 Å². The summed E-state index contributed by atoms with van der Waals surface area (Å²) < 4.78 is 27.8. The highest BCUT2D eigenvalue weighted by molar-refractivity contribution is 5.88. The number of phenols is 3. The monoisotopic (exact) mass is 610 g/mol. The molecule has 5 rings (SSSR count). The van der Waals surface area contributed by atoms with Gasteiger partial charge in [-0.2, -0.15) is 0 Å². The fourth-order valence-electron chi connectivity index (χ4n) is 4.81. The van der Waals surface area contributed by atoms with Crippen molar-refractivity contribution in [3.05, 3.63) is 40.6 Å². The van der Waals surface area contributed by atoms with Gasteiger partial charge in [0.05, 0.1) is 12.7 Å². The minimum Gasteiger partial charge on any atom is -0.507 e. The Balaban J connectivity index is 1.61. The van der Waals surface area contributed by atoms with Gasteiger partial charge in [-0.25, -0.2) is 0 Å². The van der Waals surface area contributed by atoms with E-state index in [0.29, 0.717) is 0 Å². The molecule has 0 bridgehead atoms. The molecule has 3 aromatic rings. The Bertz CT molecular complexity index is 1540. The molecule has 0 amide bonds. The van der Waals surface area contributed by atoms with E-state index in [1.807, 2.05) is 0 Å². The third-order valence-electron chi connectivity index (χ3n) is 7.29. The third-order valence-corrected chi connectivity index (χ3v) is 7.29. The van der Waals surface area contributed by atoms with Crippen LogP contribution in [0.2, 0.25) is 0 Å². The van der Waals surface area contributed by atoms with E-state index in [9.17, 15) is 55.9 Å². The highest BCUT2D eigenvalue weighted by Gasteiger charge is 2.46. The van der Waals surface area contributed by atoms with E-state index in [1.54, 1.807) is 0 Å². The first-order valence-electron chi connectivity index (χ1n) is 13.0. The summed E-state index contributed by atoms with van der Waals surface area (Å²) in [4.78, 5) is 13.7. The van der Waals surface area contributed by atoms with E-state index in [4.69, 9.17) is 23.4 Å². The fraction of sp³-hybridized carbons (Fsp3) is 0.444. The average molecular weight is 611 g/mol. The van der Waals surface area contributed by atoms with Gasteiger partial charge in [-0.1, -0.05) is 0 Å². The molecule has 0 saturated carbocycles. The van der Waals surface area contributed by atoms with Gasteiger partial charge in [0.15, 0.2) is 17.3 Å². The second-order valence-electron chi connectivity index (χ2n) is 10.2. The summed E-state index contributed by atoms with van der Waals surface area (Å²) in [5, 5.41) is 101. The van der Waals surface area contributed by atoms with Crippen LogP contribution in [0.5, 0.6) is 28.7 Å². The van der Waals surface area contributed by atoms with Crippen molar-refractivity contribution in [3.8, 4) is 40.1 Å². The van der Waals surface area contributed by atoms with Crippen molar-refractivity contribution in [3.63, 3.8) is 0 Å². The number of phenolic OH excluding ortho intramolecular Hbond substituents is 3. The van der Waals surface area contributed by atoms with Gasteiger partial charge in [-0.3, -0.25) is 4.79 Å². The number of aliphatic hydroxyl groups excluding tert-OH is 7. The summed E-state index contributed by atoms with van der Waals surface area (Å²) in [7, 11) is 0. The number of hydrogen-bond acceptors (Lipinski definition) is 16. The van der Waals surface area contributed by atoms with Crippen molar-refractivity contribution >= 4 is 11.0 Å². The van der Waals surface area contributed by atoms with Crippen LogP contribution >= 0.6 is 0 Å². The minimum absolute atomic E-state index is 0.0447. The third kappa shape index (κ3) is 5.55. The van der Waals surface area contributed by atoms with Crippen LogP contribution in [0.3, 0.4) is 0 Å². The Labute approximate surface area is 241 Å². The van der Waals surface area contributed by atoms with E-state index in [2.05, 4.69) is 0 Å². The summed E-state index contributed by atoms with van der Waals surface area (Å²) >= 11 is 0. The van der Waals surface area contributed by atoms with E-state index in [-0.39, 0.29) is 16.9 Å². The molecule has 0 aliphatic carbocycles. The first kappa shape index (κ1) is 30.7. The summed E-state index contributed by atoms with van der Waals surface area (Å²) in [5.41, 5.74) is -1.40. The van der Waals surface area contributed by atoms with Crippen molar-refractivity contribution in [1.29, 1.82) is 0 Å². The molecule has 16 heteroatoms. The quantitative estimate of drug-likeness (QED) is 0.135. The molecular formula is C27H30O16. The molecule has 16 nitrogen and oxygen atoms in total. The molecule has 2 fully saturated rings. The molecule has 0 spiro atoms. The van der Waals surface area contributed by atoms with Crippen molar-refractivity contribution in [2.75, 3.05) is 6.61 Å². The maximum absolute atomic E-state index is 13.7. The molecule has 234 valence electrons. The van der Waals surface area contributed by atoms with E-state index < -0.39 is 108 Å². The first-order chi connectivity index (χ1) is 20.3. The lowest BCUT2D eigenvalue weighted by Crippen LogP contribution is -2.60. The topological polar surface area (TPSA) is 269 Å². The van der Waals surface area contributed by atoms with Gasteiger partial charge in [-0.05, 0) is 25.1 Å². The lowest BCUT2D eigenvalue weighted by atomic mass is 9.99. The number of hydrogen-bond donors (Lipinski definition) is 10. The van der Waals surface area contributed by atoms with E-state index >= 15 is 0 Å². The number of rotatable bonds is 6. The number of aromatic hydroxyl groups is 3. The normalized spacial score (nSPS) is 32.9. The SMILES string of the molecule is C[C@@H]1O[C@H](Oc2cc(O)c3c(=O)c(O[C@@H]4O[C@@H](CO)[C@H](O)[C@H](O)[C@H]4O)c(-c4ccc(O)c(O)c4)oc3c2)[C@@H](O)[C@H](O)[C@H]1O. The molecule has 2 saturated heterocycles. The molecule has 2 aliphatic heterocycles. The van der Waals surface area contributed by atoms with Gasteiger partial charge >= 0.3 is 0 Å². The van der Waals surface area contributed by atoms with Crippen molar-refractivity contribution in [2.45, 2.75) is 68.3 Å². The lowest BCUT2D eigenvalue weighted by Gasteiger charge is -2.39. The predicted octanol–water partition coefficient (Wildman–Crippen LogP) is -2.04. The molecule has 10 atom stereocenters. The second kappa shape index (κ2) is 11.8. The van der Waals surface area contributed by atoms with Crippen LogP contribution in [0.25, 0.3) is 22.3 Å². The molecule has 43 heavy (non-hydrogen) atoms. The van der Waals surface area contributed by atoms with Crippen LogP contribution in [-0.4, -0.2) is 119 Å². The number of aliphatic hydroxyl groups is 7. The smallest absolute Gasteiger partial charge is 0.239 e. The highest BCUT2D eigenvalue weighted by Crippen LogP contribution is 2.40. The average Bonchev–Trinajstić information content (AvgIpc) is 2.97. The summed E-state index contributed by atoms with van der Waals surface area (Å²) in [6.07, 6.45) is -15.9. The molecule has 2 aromatic carbocycles. The van der Waals surface area contributed by atoms with Gasteiger partial charge in [0.1, 0.15) is 65.2 Å². The maximum atomic E-state index is 13.7. The van der Waals surface area contributed by atoms with Crippen LogP contribution < -0.4 is 14.9 Å². The number of ether oxygens (including phenoxy) is 4. The van der Waals surface area contributed by atoms with Crippen LogP contribution in [0, 0.1) is 0 Å².